The van der Waals surface area contributed by atoms with Gasteiger partial charge in [-0.05, 0) is 104 Å². The van der Waals surface area contributed by atoms with Gasteiger partial charge in [-0.25, -0.2) is 0 Å². The Labute approximate surface area is 379 Å². The first kappa shape index (κ1) is 37.2. The zero-order valence-corrected chi connectivity index (χ0v) is 35.6. The molecule has 0 saturated carbocycles. The molecule has 0 saturated heterocycles. The molecule has 0 amide bonds. The standard InChI is InChI=1S/C61H41BN2O/c1-5-17-41(18-6-1)45-34-38-54-53(39-45)62-52-37-33-46(59(43-19-7-2-8-20-43)44-21-9-3-10-22-44)40-57(52)64(56-29-16-28-55(60(56)62)63(54)47-23-11-4-12-24-47)48-35-31-42(32-36-48)49-26-15-27-51-50-25-13-14-30-58(50)65-61(49)51/h1-40,59H. The Kier molecular flexibility index (Phi) is 8.70. The summed E-state index contributed by atoms with van der Waals surface area (Å²) in [6.07, 6.45) is 0. The molecule has 10 aromatic carbocycles. The fourth-order valence-corrected chi connectivity index (χ4v) is 10.7. The molecule has 2 aliphatic heterocycles. The van der Waals surface area contributed by atoms with Crippen molar-refractivity contribution in [2.24, 2.45) is 0 Å². The zero-order chi connectivity index (χ0) is 42.8. The lowest BCUT2D eigenvalue weighted by Gasteiger charge is -2.44. The summed E-state index contributed by atoms with van der Waals surface area (Å²) in [7, 11) is 0. The quantitative estimate of drug-likeness (QED) is 0.118. The first-order valence-corrected chi connectivity index (χ1v) is 22.5. The highest BCUT2D eigenvalue weighted by Crippen LogP contribution is 2.46. The van der Waals surface area contributed by atoms with E-state index in [9.17, 15) is 0 Å². The predicted octanol–water partition coefficient (Wildman–Crippen LogP) is 14.2. The van der Waals surface area contributed by atoms with Crippen LogP contribution in [0.15, 0.2) is 247 Å². The Morgan fingerprint density at radius 3 is 1.66 bits per heavy atom. The highest BCUT2D eigenvalue weighted by Gasteiger charge is 2.43. The summed E-state index contributed by atoms with van der Waals surface area (Å²) in [6, 6.07) is 88.6. The number of hydrogen-bond acceptors (Lipinski definition) is 3. The summed E-state index contributed by atoms with van der Waals surface area (Å²) in [5, 5.41) is 2.27. The van der Waals surface area contributed by atoms with Crippen molar-refractivity contribution in [3.63, 3.8) is 0 Å². The van der Waals surface area contributed by atoms with Crippen LogP contribution in [-0.4, -0.2) is 6.71 Å². The minimum Gasteiger partial charge on any atom is -0.455 e. The van der Waals surface area contributed by atoms with Crippen LogP contribution < -0.4 is 26.2 Å². The third-order valence-electron chi connectivity index (χ3n) is 13.6. The van der Waals surface area contributed by atoms with E-state index in [2.05, 4.69) is 246 Å². The van der Waals surface area contributed by atoms with E-state index < -0.39 is 0 Å². The van der Waals surface area contributed by atoms with Crippen LogP contribution in [0.1, 0.15) is 22.6 Å². The van der Waals surface area contributed by atoms with Gasteiger partial charge >= 0.3 is 0 Å². The van der Waals surface area contributed by atoms with Gasteiger partial charge in [-0.2, -0.15) is 0 Å². The molecule has 0 bridgehead atoms. The molecule has 0 atom stereocenters. The Morgan fingerprint density at radius 2 is 0.938 bits per heavy atom. The molecule has 1 aromatic heterocycles. The third-order valence-corrected chi connectivity index (χ3v) is 13.6. The highest BCUT2D eigenvalue weighted by atomic mass is 16.3. The second-order valence-electron chi connectivity index (χ2n) is 17.2. The normalized spacial score (nSPS) is 12.7. The summed E-state index contributed by atoms with van der Waals surface area (Å²) >= 11 is 0. The minimum absolute atomic E-state index is 0.0167. The summed E-state index contributed by atoms with van der Waals surface area (Å²) < 4.78 is 6.53. The number of para-hydroxylation sites is 3. The molecule has 304 valence electrons. The van der Waals surface area contributed by atoms with Crippen molar-refractivity contribution >= 4 is 79.2 Å². The van der Waals surface area contributed by atoms with E-state index in [4.69, 9.17) is 4.42 Å². The number of furan rings is 1. The smallest absolute Gasteiger partial charge is 0.252 e. The molecule has 3 nitrogen and oxygen atoms in total. The van der Waals surface area contributed by atoms with Crippen molar-refractivity contribution in [3.05, 3.63) is 259 Å². The molecule has 0 aliphatic carbocycles. The summed E-state index contributed by atoms with van der Waals surface area (Å²) in [5.41, 5.74) is 21.1. The Morgan fingerprint density at radius 1 is 0.354 bits per heavy atom. The Bertz CT molecular complexity index is 3510. The van der Waals surface area contributed by atoms with Crippen LogP contribution in [0.5, 0.6) is 0 Å². The molecule has 65 heavy (non-hydrogen) atoms. The highest BCUT2D eigenvalue weighted by molar-refractivity contribution is 7.00. The maximum absolute atomic E-state index is 6.53. The second kappa shape index (κ2) is 15.2. The molecule has 2 aliphatic rings. The van der Waals surface area contributed by atoms with Crippen LogP contribution in [0.2, 0.25) is 0 Å². The van der Waals surface area contributed by atoms with E-state index in [0.717, 1.165) is 44.4 Å². The number of benzene rings is 10. The van der Waals surface area contributed by atoms with Crippen molar-refractivity contribution in [1.29, 1.82) is 0 Å². The van der Waals surface area contributed by atoms with Crippen molar-refractivity contribution < 1.29 is 4.42 Å². The molecule has 4 heteroatoms. The zero-order valence-electron chi connectivity index (χ0n) is 35.6. The van der Waals surface area contributed by atoms with E-state index in [0.29, 0.717) is 0 Å². The lowest BCUT2D eigenvalue weighted by molar-refractivity contribution is 0.670. The summed E-state index contributed by atoms with van der Waals surface area (Å²) in [6.45, 7) is -0.0167. The number of hydrogen-bond donors (Lipinski definition) is 0. The SMILES string of the molecule is c1ccc(-c2ccc3c(c2)B2c4ccc(C(c5ccccc5)c5ccccc5)cc4N(c4ccc(-c5cccc6c5oc5ccccc56)cc4)c4cccc(c42)N3c2ccccc2)cc1. The van der Waals surface area contributed by atoms with Crippen LogP contribution >= 0.6 is 0 Å². The van der Waals surface area contributed by atoms with Crippen LogP contribution in [0.4, 0.5) is 34.1 Å². The van der Waals surface area contributed by atoms with Gasteiger partial charge in [0, 0.05) is 56.4 Å². The van der Waals surface area contributed by atoms with Gasteiger partial charge in [0.1, 0.15) is 11.2 Å². The van der Waals surface area contributed by atoms with Crippen molar-refractivity contribution in [2.75, 3.05) is 9.80 Å². The molecule has 3 heterocycles. The maximum atomic E-state index is 6.53. The lowest BCUT2D eigenvalue weighted by Crippen LogP contribution is -2.61. The molecule has 0 fully saturated rings. The molecule has 13 rings (SSSR count). The fraction of sp³-hybridized carbons (Fsp3) is 0.0164. The molecule has 0 spiro atoms. The molecule has 0 radical (unpaired) electrons. The fourth-order valence-electron chi connectivity index (χ4n) is 10.7. The number of anilines is 6. The second-order valence-corrected chi connectivity index (χ2v) is 17.2. The minimum atomic E-state index is -0.0167. The number of fused-ring (bicyclic) bond motifs is 7. The van der Waals surface area contributed by atoms with E-state index >= 15 is 0 Å². The summed E-state index contributed by atoms with van der Waals surface area (Å²) in [4.78, 5) is 4.98. The molecule has 0 unspecified atom stereocenters. The van der Waals surface area contributed by atoms with Gasteiger partial charge in [-0.15, -0.1) is 0 Å². The topological polar surface area (TPSA) is 19.6 Å². The average molecular weight is 829 g/mol. The van der Waals surface area contributed by atoms with Gasteiger partial charge in [0.05, 0.1) is 0 Å². The first-order chi connectivity index (χ1) is 32.3. The number of rotatable bonds is 7. The Balaban J connectivity index is 1.05. The van der Waals surface area contributed by atoms with Gasteiger partial charge in [-0.1, -0.05) is 188 Å². The monoisotopic (exact) mass is 828 g/mol. The Hall–Kier alpha value is -8.34. The van der Waals surface area contributed by atoms with E-state index in [1.54, 1.807) is 0 Å². The average Bonchev–Trinajstić information content (AvgIpc) is 3.77. The van der Waals surface area contributed by atoms with Crippen molar-refractivity contribution in [3.8, 4) is 22.3 Å². The number of nitrogens with zero attached hydrogens (tertiary/aromatic N) is 2. The van der Waals surface area contributed by atoms with Gasteiger partial charge in [-0.3, -0.25) is 0 Å². The van der Waals surface area contributed by atoms with Crippen LogP contribution in [-0.2, 0) is 0 Å². The predicted molar refractivity (Wildman–Crippen MR) is 272 cm³/mol. The third kappa shape index (κ3) is 6.06. The lowest BCUT2D eigenvalue weighted by atomic mass is 9.33. The van der Waals surface area contributed by atoms with Gasteiger partial charge < -0.3 is 14.2 Å². The van der Waals surface area contributed by atoms with Crippen LogP contribution in [0, 0.1) is 0 Å². The first-order valence-electron chi connectivity index (χ1n) is 22.5. The molecule has 11 aromatic rings. The van der Waals surface area contributed by atoms with Gasteiger partial charge in [0.15, 0.2) is 0 Å². The van der Waals surface area contributed by atoms with E-state index in [1.807, 2.05) is 6.07 Å². The van der Waals surface area contributed by atoms with Gasteiger partial charge in [0.25, 0.3) is 6.71 Å². The van der Waals surface area contributed by atoms with E-state index in [1.165, 1.54) is 67.0 Å². The molecular weight excluding hydrogens is 787 g/mol. The summed E-state index contributed by atoms with van der Waals surface area (Å²) in [5.74, 6) is 0.0425. The van der Waals surface area contributed by atoms with Crippen molar-refractivity contribution in [2.45, 2.75) is 5.92 Å². The van der Waals surface area contributed by atoms with Crippen LogP contribution in [0.25, 0.3) is 44.2 Å². The van der Waals surface area contributed by atoms with E-state index in [-0.39, 0.29) is 12.6 Å². The largest absolute Gasteiger partial charge is 0.455 e. The molecular formula is C61H41BN2O. The molecule has 0 N–H and O–H groups in total. The van der Waals surface area contributed by atoms with Crippen molar-refractivity contribution in [1.82, 2.24) is 0 Å². The maximum Gasteiger partial charge on any atom is 0.252 e. The van der Waals surface area contributed by atoms with Gasteiger partial charge in [0.2, 0.25) is 0 Å². The van der Waals surface area contributed by atoms with Crippen LogP contribution in [0.3, 0.4) is 0 Å².